The van der Waals surface area contributed by atoms with E-state index in [0.29, 0.717) is 18.8 Å². The molecule has 0 unspecified atom stereocenters. The highest BCUT2D eigenvalue weighted by atomic mass is 32.2. The van der Waals surface area contributed by atoms with E-state index in [1.165, 1.54) is 30.8 Å². The Balaban J connectivity index is 1.97. The Labute approximate surface area is 161 Å². The molecule has 27 heavy (non-hydrogen) atoms. The number of carbonyl (C=O) groups excluding carboxylic acids is 2. The number of thioether (sulfide) groups is 1. The highest BCUT2D eigenvalue weighted by Crippen LogP contribution is 2.22. The molecule has 0 aliphatic heterocycles. The molecular formula is C19H21N3O4S. The lowest BCUT2D eigenvalue weighted by Gasteiger charge is -2.21. The van der Waals surface area contributed by atoms with E-state index in [4.69, 9.17) is 0 Å². The standard InChI is InChI=1S/C19H21N3O4S/c1-3-21(14(2)23)12-15-6-4-5-7-18(15)20-19(24)13-27-17-10-8-16(9-11-17)22(25)26/h4-11H,3,12-13H2,1-2H3,(H,20,24). The maximum atomic E-state index is 12.3. The van der Waals surface area contributed by atoms with Gasteiger partial charge >= 0.3 is 0 Å². The third-order valence-electron chi connectivity index (χ3n) is 3.90. The first-order chi connectivity index (χ1) is 12.9. The van der Waals surface area contributed by atoms with Gasteiger partial charge in [0.15, 0.2) is 0 Å². The number of nitrogens with one attached hydrogen (secondary N) is 1. The second-order valence-corrected chi connectivity index (χ2v) is 6.83. The average Bonchev–Trinajstić information content (AvgIpc) is 2.65. The molecule has 2 aromatic rings. The summed E-state index contributed by atoms with van der Waals surface area (Å²) in [6, 6.07) is 13.4. The monoisotopic (exact) mass is 387 g/mol. The Hall–Kier alpha value is -2.87. The number of para-hydroxylation sites is 1. The van der Waals surface area contributed by atoms with Crippen molar-refractivity contribution >= 4 is 35.0 Å². The summed E-state index contributed by atoms with van der Waals surface area (Å²) in [6.45, 7) is 4.44. The van der Waals surface area contributed by atoms with Crippen molar-refractivity contribution in [3.05, 3.63) is 64.2 Å². The Morgan fingerprint density at radius 3 is 2.41 bits per heavy atom. The van der Waals surface area contributed by atoms with E-state index < -0.39 is 4.92 Å². The second-order valence-electron chi connectivity index (χ2n) is 5.78. The van der Waals surface area contributed by atoms with E-state index in [-0.39, 0.29) is 23.3 Å². The number of anilines is 1. The van der Waals surface area contributed by atoms with Crippen LogP contribution in [0.1, 0.15) is 19.4 Å². The molecule has 0 aromatic heterocycles. The summed E-state index contributed by atoms with van der Waals surface area (Å²) in [5, 5.41) is 13.5. The molecule has 0 spiro atoms. The zero-order chi connectivity index (χ0) is 19.8. The summed E-state index contributed by atoms with van der Waals surface area (Å²) in [5.74, 6) is -0.0277. The lowest BCUT2D eigenvalue weighted by Crippen LogP contribution is -2.28. The molecule has 2 rings (SSSR count). The molecule has 0 aliphatic carbocycles. The first kappa shape index (κ1) is 20.4. The molecule has 142 valence electrons. The molecule has 0 radical (unpaired) electrons. The van der Waals surface area contributed by atoms with Crippen LogP contribution in [-0.4, -0.2) is 33.9 Å². The van der Waals surface area contributed by atoms with Gasteiger partial charge in [0.25, 0.3) is 5.69 Å². The van der Waals surface area contributed by atoms with Crippen molar-refractivity contribution in [2.24, 2.45) is 0 Å². The number of nitro benzene ring substituents is 1. The topological polar surface area (TPSA) is 92.6 Å². The lowest BCUT2D eigenvalue weighted by molar-refractivity contribution is -0.384. The number of rotatable bonds is 8. The number of carbonyl (C=O) groups is 2. The van der Waals surface area contributed by atoms with Gasteiger partial charge in [0.05, 0.1) is 10.7 Å². The number of nitrogens with zero attached hydrogens (tertiary/aromatic N) is 2. The molecule has 0 atom stereocenters. The second kappa shape index (κ2) is 9.72. The Bertz CT molecular complexity index is 824. The molecule has 8 heteroatoms. The molecule has 2 amide bonds. The highest BCUT2D eigenvalue weighted by molar-refractivity contribution is 8.00. The molecule has 1 N–H and O–H groups in total. The van der Waals surface area contributed by atoms with Crippen LogP contribution in [0.4, 0.5) is 11.4 Å². The summed E-state index contributed by atoms with van der Waals surface area (Å²) in [4.78, 5) is 36.6. The normalized spacial score (nSPS) is 10.3. The fourth-order valence-electron chi connectivity index (χ4n) is 2.43. The van der Waals surface area contributed by atoms with Crippen LogP contribution >= 0.6 is 11.8 Å². The van der Waals surface area contributed by atoms with Crippen molar-refractivity contribution in [2.75, 3.05) is 17.6 Å². The van der Waals surface area contributed by atoms with Crippen LogP contribution in [0.2, 0.25) is 0 Å². The van der Waals surface area contributed by atoms with Gasteiger partial charge in [-0.1, -0.05) is 18.2 Å². The largest absolute Gasteiger partial charge is 0.339 e. The third-order valence-corrected chi connectivity index (χ3v) is 4.91. The van der Waals surface area contributed by atoms with E-state index in [1.54, 1.807) is 23.1 Å². The van der Waals surface area contributed by atoms with E-state index in [0.717, 1.165) is 10.5 Å². The third kappa shape index (κ3) is 6.10. The van der Waals surface area contributed by atoms with Gasteiger partial charge in [-0.25, -0.2) is 0 Å². The molecule has 0 bridgehead atoms. The predicted octanol–water partition coefficient (Wildman–Crippen LogP) is 3.69. The minimum absolute atomic E-state index is 0.0173. The lowest BCUT2D eigenvalue weighted by atomic mass is 10.1. The minimum Gasteiger partial charge on any atom is -0.339 e. The average molecular weight is 387 g/mol. The van der Waals surface area contributed by atoms with Crippen molar-refractivity contribution in [2.45, 2.75) is 25.3 Å². The molecule has 0 saturated carbocycles. The zero-order valence-corrected chi connectivity index (χ0v) is 16.0. The summed E-state index contributed by atoms with van der Waals surface area (Å²) in [5.41, 5.74) is 1.55. The van der Waals surface area contributed by atoms with Crippen molar-refractivity contribution in [1.82, 2.24) is 4.90 Å². The van der Waals surface area contributed by atoms with Crippen LogP contribution in [-0.2, 0) is 16.1 Å². The Morgan fingerprint density at radius 2 is 1.81 bits per heavy atom. The molecule has 0 heterocycles. The van der Waals surface area contributed by atoms with Crippen LogP contribution in [0.3, 0.4) is 0 Å². The van der Waals surface area contributed by atoms with Crippen molar-refractivity contribution in [1.29, 1.82) is 0 Å². The van der Waals surface area contributed by atoms with Crippen LogP contribution in [0, 0.1) is 10.1 Å². The smallest absolute Gasteiger partial charge is 0.269 e. The van der Waals surface area contributed by atoms with E-state index in [9.17, 15) is 19.7 Å². The molecule has 0 fully saturated rings. The minimum atomic E-state index is -0.460. The quantitative estimate of drug-likeness (QED) is 0.424. The SMILES string of the molecule is CCN(Cc1ccccc1NC(=O)CSc1ccc([N+](=O)[O-])cc1)C(C)=O. The van der Waals surface area contributed by atoms with Crippen molar-refractivity contribution in [3.63, 3.8) is 0 Å². The van der Waals surface area contributed by atoms with Gasteiger partial charge < -0.3 is 10.2 Å². The Morgan fingerprint density at radius 1 is 1.15 bits per heavy atom. The fourth-order valence-corrected chi connectivity index (χ4v) is 3.13. The van der Waals surface area contributed by atoms with E-state index in [2.05, 4.69) is 5.32 Å². The number of amides is 2. The van der Waals surface area contributed by atoms with Gasteiger partial charge in [0.2, 0.25) is 11.8 Å². The van der Waals surface area contributed by atoms with Gasteiger partial charge in [0.1, 0.15) is 0 Å². The fraction of sp³-hybridized carbons (Fsp3) is 0.263. The van der Waals surface area contributed by atoms with Crippen LogP contribution < -0.4 is 5.32 Å². The van der Waals surface area contributed by atoms with Gasteiger partial charge in [-0.15, -0.1) is 11.8 Å². The first-order valence-corrected chi connectivity index (χ1v) is 9.39. The van der Waals surface area contributed by atoms with Gasteiger partial charge in [-0.3, -0.25) is 19.7 Å². The summed E-state index contributed by atoms with van der Waals surface area (Å²) in [6.07, 6.45) is 0. The van der Waals surface area contributed by atoms with E-state index >= 15 is 0 Å². The molecular weight excluding hydrogens is 366 g/mol. The number of hydrogen-bond acceptors (Lipinski definition) is 5. The number of non-ortho nitro benzene ring substituents is 1. The van der Waals surface area contributed by atoms with Gasteiger partial charge in [-0.05, 0) is 30.7 Å². The molecule has 2 aromatic carbocycles. The van der Waals surface area contributed by atoms with Crippen LogP contribution in [0.25, 0.3) is 0 Å². The van der Waals surface area contributed by atoms with E-state index in [1.807, 2.05) is 25.1 Å². The first-order valence-electron chi connectivity index (χ1n) is 8.41. The predicted molar refractivity (Wildman–Crippen MR) is 106 cm³/mol. The highest BCUT2D eigenvalue weighted by Gasteiger charge is 2.12. The number of hydrogen-bond donors (Lipinski definition) is 1. The summed E-state index contributed by atoms with van der Waals surface area (Å²) >= 11 is 1.30. The summed E-state index contributed by atoms with van der Waals surface area (Å²) < 4.78 is 0. The zero-order valence-electron chi connectivity index (χ0n) is 15.2. The molecule has 7 nitrogen and oxygen atoms in total. The number of nitro groups is 1. The Kier molecular flexibility index (Phi) is 7.36. The molecule has 0 saturated heterocycles. The van der Waals surface area contributed by atoms with Gasteiger partial charge in [0, 0.05) is 42.7 Å². The number of benzene rings is 2. The van der Waals surface area contributed by atoms with Crippen LogP contribution in [0.5, 0.6) is 0 Å². The maximum Gasteiger partial charge on any atom is 0.269 e. The molecule has 0 aliphatic rings. The maximum absolute atomic E-state index is 12.3. The van der Waals surface area contributed by atoms with Crippen molar-refractivity contribution < 1.29 is 14.5 Å². The van der Waals surface area contributed by atoms with Crippen LogP contribution in [0.15, 0.2) is 53.4 Å². The van der Waals surface area contributed by atoms with Crippen molar-refractivity contribution in [3.8, 4) is 0 Å². The summed E-state index contributed by atoms with van der Waals surface area (Å²) in [7, 11) is 0. The van der Waals surface area contributed by atoms with Gasteiger partial charge in [-0.2, -0.15) is 0 Å².